The summed E-state index contributed by atoms with van der Waals surface area (Å²) in [6, 6.07) is -0.370. The monoisotopic (exact) mass is 207 g/mol. The van der Waals surface area contributed by atoms with Gasteiger partial charge in [0.05, 0.1) is 17.5 Å². The third-order valence-corrected chi connectivity index (χ3v) is 3.78. The van der Waals surface area contributed by atoms with Crippen molar-refractivity contribution >= 4 is 15.7 Å². The molecule has 1 rings (SSSR count). The lowest BCUT2D eigenvalue weighted by Crippen LogP contribution is -2.56. The molecule has 1 aliphatic rings. The fraction of sp³-hybridized carbons (Fsp3) is 0.833. The standard InChI is InChI=1S/C6H13N3O3S/c1-4(6(7)9-10)8-5-2-13(11,12)3-5/h4-5,8,10H,2-3H2,1H3,(H2,7,9). The van der Waals surface area contributed by atoms with Crippen LogP contribution in [0.3, 0.4) is 0 Å². The van der Waals surface area contributed by atoms with Crippen molar-refractivity contribution in [3.05, 3.63) is 0 Å². The van der Waals surface area contributed by atoms with Gasteiger partial charge in [0.1, 0.15) is 0 Å². The largest absolute Gasteiger partial charge is 0.409 e. The van der Waals surface area contributed by atoms with Crippen LogP contribution < -0.4 is 11.1 Å². The van der Waals surface area contributed by atoms with E-state index in [4.69, 9.17) is 10.9 Å². The molecule has 1 unspecified atom stereocenters. The molecule has 1 fully saturated rings. The molecule has 13 heavy (non-hydrogen) atoms. The van der Waals surface area contributed by atoms with Gasteiger partial charge in [0.25, 0.3) is 0 Å². The first-order valence-corrected chi connectivity index (χ1v) is 5.70. The van der Waals surface area contributed by atoms with Crippen LogP contribution in [0.2, 0.25) is 0 Å². The number of hydrogen-bond donors (Lipinski definition) is 3. The first kappa shape index (κ1) is 10.3. The Morgan fingerprint density at radius 1 is 1.69 bits per heavy atom. The van der Waals surface area contributed by atoms with Crippen LogP contribution in [0, 0.1) is 0 Å². The van der Waals surface area contributed by atoms with Crippen LogP contribution in [0.25, 0.3) is 0 Å². The van der Waals surface area contributed by atoms with Gasteiger partial charge in [-0.2, -0.15) is 0 Å². The number of sulfone groups is 1. The summed E-state index contributed by atoms with van der Waals surface area (Å²) < 4.78 is 21.5. The topological polar surface area (TPSA) is 105 Å². The number of rotatable bonds is 3. The van der Waals surface area contributed by atoms with E-state index >= 15 is 0 Å². The second-order valence-corrected chi connectivity index (χ2v) is 5.34. The van der Waals surface area contributed by atoms with Crippen LogP contribution in [0.5, 0.6) is 0 Å². The minimum absolute atomic E-state index is 0.0595. The van der Waals surface area contributed by atoms with Crippen LogP contribution in [-0.2, 0) is 9.84 Å². The third-order valence-electron chi connectivity index (χ3n) is 1.96. The molecule has 1 heterocycles. The SMILES string of the molecule is CC(NC1CS(=O)(=O)C1)/C(N)=N/O. The molecule has 0 bridgehead atoms. The predicted octanol–water partition coefficient (Wildman–Crippen LogP) is -1.49. The Morgan fingerprint density at radius 3 is 2.62 bits per heavy atom. The van der Waals surface area contributed by atoms with Crippen molar-refractivity contribution in [1.29, 1.82) is 0 Å². The first-order chi connectivity index (χ1) is 5.94. The van der Waals surface area contributed by atoms with Crippen molar-refractivity contribution in [2.45, 2.75) is 19.0 Å². The van der Waals surface area contributed by atoms with Crippen molar-refractivity contribution in [2.75, 3.05) is 11.5 Å². The zero-order chi connectivity index (χ0) is 10.1. The van der Waals surface area contributed by atoms with Crippen LogP contribution in [0.1, 0.15) is 6.92 Å². The van der Waals surface area contributed by atoms with Crippen molar-refractivity contribution in [3.8, 4) is 0 Å². The van der Waals surface area contributed by atoms with E-state index < -0.39 is 9.84 Å². The highest BCUT2D eigenvalue weighted by Gasteiger charge is 2.34. The molecule has 0 aromatic carbocycles. The number of hydrogen-bond acceptors (Lipinski definition) is 5. The van der Waals surface area contributed by atoms with Crippen LogP contribution in [0.4, 0.5) is 0 Å². The highest BCUT2D eigenvalue weighted by Crippen LogP contribution is 2.10. The summed E-state index contributed by atoms with van der Waals surface area (Å²) in [5.41, 5.74) is 5.30. The highest BCUT2D eigenvalue weighted by molar-refractivity contribution is 7.92. The van der Waals surface area contributed by atoms with E-state index in [0.29, 0.717) is 0 Å². The van der Waals surface area contributed by atoms with E-state index in [1.165, 1.54) is 0 Å². The minimum atomic E-state index is -2.81. The fourth-order valence-electron chi connectivity index (χ4n) is 1.19. The van der Waals surface area contributed by atoms with Gasteiger partial charge in [0.15, 0.2) is 15.7 Å². The first-order valence-electron chi connectivity index (χ1n) is 3.88. The lowest BCUT2D eigenvalue weighted by atomic mass is 10.2. The smallest absolute Gasteiger partial charge is 0.156 e. The summed E-state index contributed by atoms with van der Waals surface area (Å²) in [5.74, 6) is 0.329. The van der Waals surface area contributed by atoms with Crippen molar-refractivity contribution in [2.24, 2.45) is 10.9 Å². The van der Waals surface area contributed by atoms with Gasteiger partial charge in [-0.05, 0) is 6.92 Å². The number of nitrogens with one attached hydrogen (secondary N) is 1. The molecule has 0 radical (unpaired) electrons. The molecule has 0 aliphatic carbocycles. The molecule has 1 atom stereocenters. The predicted molar refractivity (Wildman–Crippen MR) is 48.4 cm³/mol. The van der Waals surface area contributed by atoms with Crippen LogP contribution in [0.15, 0.2) is 5.16 Å². The zero-order valence-electron chi connectivity index (χ0n) is 7.27. The van der Waals surface area contributed by atoms with Crippen LogP contribution in [-0.4, -0.2) is 43.1 Å². The average Bonchev–Trinajstić information content (AvgIpc) is 1.99. The molecule has 1 saturated heterocycles. The second-order valence-electron chi connectivity index (χ2n) is 3.19. The second kappa shape index (κ2) is 3.51. The molecule has 0 saturated carbocycles. The molecule has 0 spiro atoms. The minimum Gasteiger partial charge on any atom is -0.409 e. The van der Waals surface area contributed by atoms with Gasteiger partial charge in [-0.25, -0.2) is 8.42 Å². The Hall–Kier alpha value is -0.820. The van der Waals surface area contributed by atoms with Crippen molar-refractivity contribution in [1.82, 2.24) is 5.32 Å². The number of oxime groups is 1. The van der Waals surface area contributed by atoms with E-state index in [2.05, 4.69) is 10.5 Å². The molecule has 76 valence electrons. The summed E-state index contributed by atoms with van der Waals surface area (Å²) >= 11 is 0. The molecule has 0 aromatic heterocycles. The molecule has 1 aliphatic heterocycles. The highest BCUT2D eigenvalue weighted by atomic mass is 32.2. The fourth-order valence-corrected chi connectivity index (χ4v) is 2.51. The molecule has 0 amide bonds. The normalized spacial score (nSPS) is 25.2. The number of nitrogens with two attached hydrogens (primary N) is 1. The maximum absolute atomic E-state index is 10.8. The van der Waals surface area contributed by atoms with E-state index in [1.54, 1.807) is 6.92 Å². The molecule has 4 N–H and O–H groups in total. The summed E-state index contributed by atoms with van der Waals surface area (Å²) in [6.45, 7) is 1.71. The average molecular weight is 207 g/mol. The Morgan fingerprint density at radius 2 is 2.23 bits per heavy atom. The van der Waals surface area contributed by atoms with Gasteiger partial charge in [0, 0.05) is 6.04 Å². The lowest BCUT2D eigenvalue weighted by Gasteiger charge is -2.29. The summed E-state index contributed by atoms with van der Waals surface area (Å²) in [5, 5.41) is 14.1. The summed E-state index contributed by atoms with van der Waals surface area (Å²) in [7, 11) is -2.81. The quantitative estimate of drug-likeness (QED) is 0.226. The maximum Gasteiger partial charge on any atom is 0.156 e. The van der Waals surface area contributed by atoms with Gasteiger partial charge >= 0.3 is 0 Å². The molecule has 6 nitrogen and oxygen atoms in total. The van der Waals surface area contributed by atoms with Gasteiger partial charge in [-0.1, -0.05) is 5.16 Å². The van der Waals surface area contributed by atoms with Crippen LogP contribution >= 0.6 is 0 Å². The van der Waals surface area contributed by atoms with Gasteiger partial charge in [-0.3, -0.25) is 0 Å². The van der Waals surface area contributed by atoms with E-state index in [1.807, 2.05) is 0 Å². The maximum atomic E-state index is 10.8. The van der Waals surface area contributed by atoms with E-state index in [0.717, 1.165) is 0 Å². The van der Waals surface area contributed by atoms with Crippen molar-refractivity contribution < 1.29 is 13.6 Å². The Labute approximate surface area is 76.7 Å². The van der Waals surface area contributed by atoms with Gasteiger partial charge < -0.3 is 16.3 Å². The zero-order valence-corrected chi connectivity index (χ0v) is 8.08. The lowest BCUT2D eigenvalue weighted by molar-refractivity contribution is 0.314. The molecular formula is C6H13N3O3S. The third kappa shape index (κ3) is 2.56. The Bertz CT molecular complexity index is 299. The molecular weight excluding hydrogens is 194 g/mol. The van der Waals surface area contributed by atoms with Gasteiger partial charge in [0.2, 0.25) is 0 Å². The Balaban J connectivity index is 2.36. The van der Waals surface area contributed by atoms with Crippen molar-refractivity contribution in [3.63, 3.8) is 0 Å². The summed E-state index contributed by atoms with van der Waals surface area (Å²) in [4.78, 5) is 0. The summed E-state index contributed by atoms with van der Waals surface area (Å²) in [6.07, 6.45) is 0. The van der Waals surface area contributed by atoms with E-state index in [-0.39, 0.29) is 29.4 Å². The molecule has 7 heteroatoms. The molecule has 0 aromatic rings. The number of amidine groups is 1. The van der Waals surface area contributed by atoms with Gasteiger partial charge in [-0.15, -0.1) is 0 Å². The van der Waals surface area contributed by atoms with E-state index in [9.17, 15) is 8.42 Å². The number of nitrogens with zero attached hydrogens (tertiary/aromatic N) is 1. The Kier molecular flexibility index (Phi) is 2.77.